The zero-order valence-electron chi connectivity index (χ0n) is 13.6. The van der Waals surface area contributed by atoms with E-state index in [-0.39, 0.29) is 23.7 Å². The van der Waals surface area contributed by atoms with Gasteiger partial charge in [-0.2, -0.15) is 0 Å². The van der Waals surface area contributed by atoms with E-state index in [4.69, 9.17) is 4.74 Å². The summed E-state index contributed by atoms with van der Waals surface area (Å²) < 4.78 is 5.14. The summed E-state index contributed by atoms with van der Waals surface area (Å²) in [6, 6.07) is 7.52. The molecule has 0 spiro atoms. The second-order valence-electron chi connectivity index (χ2n) is 6.50. The molecule has 2 aliphatic rings. The van der Waals surface area contributed by atoms with Crippen LogP contribution in [0.3, 0.4) is 0 Å². The number of anilines is 1. The van der Waals surface area contributed by atoms with E-state index in [1.165, 1.54) is 0 Å². The van der Waals surface area contributed by atoms with E-state index in [1.807, 2.05) is 24.3 Å². The molecule has 1 aromatic carbocycles. The van der Waals surface area contributed by atoms with Crippen molar-refractivity contribution in [1.29, 1.82) is 0 Å². The van der Waals surface area contributed by atoms with Crippen LogP contribution in [0.4, 0.5) is 5.69 Å². The Balaban J connectivity index is 1.53. The van der Waals surface area contributed by atoms with Gasteiger partial charge in [-0.05, 0) is 37.1 Å². The van der Waals surface area contributed by atoms with Crippen molar-refractivity contribution in [3.05, 3.63) is 24.3 Å². The van der Waals surface area contributed by atoms with E-state index in [2.05, 4.69) is 5.32 Å². The van der Waals surface area contributed by atoms with Crippen molar-refractivity contribution in [3.8, 4) is 5.75 Å². The van der Waals surface area contributed by atoms with Gasteiger partial charge in [0.15, 0.2) is 0 Å². The molecule has 1 saturated carbocycles. The van der Waals surface area contributed by atoms with E-state index in [1.54, 1.807) is 12.0 Å². The molecule has 0 aromatic heterocycles. The topological polar surface area (TPSA) is 58.6 Å². The lowest BCUT2D eigenvalue weighted by Crippen LogP contribution is -2.34. The lowest BCUT2D eigenvalue weighted by molar-refractivity contribution is -0.125. The zero-order chi connectivity index (χ0) is 16.2. The van der Waals surface area contributed by atoms with E-state index in [0.29, 0.717) is 19.5 Å². The summed E-state index contributed by atoms with van der Waals surface area (Å²) in [5.74, 6) is 1.44. The lowest BCUT2D eigenvalue weighted by atomic mass is 10.1. The molecule has 124 valence electrons. The van der Waals surface area contributed by atoms with E-state index in [9.17, 15) is 9.59 Å². The molecule has 1 aliphatic heterocycles. The molecule has 1 heterocycles. The Morgan fingerprint density at radius 3 is 2.61 bits per heavy atom. The number of hydrogen-bond donors (Lipinski definition) is 1. The van der Waals surface area contributed by atoms with Crippen LogP contribution >= 0.6 is 0 Å². The Labute approximate surface area is 137 Å². The van der Waals surface area contributed by atoms with Crippen LogP contribution in [0.15, 0.2) is 24.3 Å². The number of carbonyl (C=O) groups excluding carboxylic acids is 2. The summed E-state index contributed by atoms with van der Waals surface area (Å²) in [7, 11) is 1.62. The van der Waals surface area contributed by atoms with Gasteiger partial charge in [-0.25, -0.2) is 0 Å². The Bertz CT molecular complexity index is 564. The highest BCUT2D eigenvalue weighted by molar-refractivity contribution is 5.95. The monoisotopic (exact) mass is 316 g/mol. The first-order chi connectivity index (χ1) is 11.2. The van der Waals surface area contributed by atoms with Crippen LogP contribution in [-0.4, -0.2) is 32.0 Å². The van der Waals surface area contributed by atoms with Gasteiger partial charge in [0, 0.05) is 37.0 Å². The Hall–Kier alpha value is -2.04. The van der Waals surface area contributed by atoms with Gasteiger partial charge >= 0.3 is 0 Å². The molecule has 1 N–H and O–H groups in total. The van der Waals surface area contributed by atoms with Gasteiger partial charge in [0.2, 0.25) is 11.8 Å². The van der Waals surface area contributed by atoms with Crippen molar-refractivity contribution in [2.24, 2.45) is 11.8 Å². The first-order valence-corrected chi connectivity index (χ1v) is 8.39. The van der Waals surface area contributed by atoms with Crippen LogP contribution in [0.5, 0.6) is 5.75 Å². The van der Waals surface area contributed by atoms with Gasteiger partial charge in [0.1, 0.15) is 5.75 Å². The number of hydrogen-bond acceptors (Lipinski definition) is 3. The maximum atomic E-state index is 12.2. The van der Waals surface area contributed by atoms with Gasteiger partial charge in [0.05, 0.1) is 7.11 Å². The van der Waals surface area contributed by atoms with Crippen LogP contribution in [-0.2, 0) is 9.59 Å². The Morgan fingerprint density at radius 1 is 1.26 bits per heavy atom. The minimum absolute atomic E-state index is 0.121. The molecule has 0 unspecified atom stereocenters. The van der Waals surface area contributed by atoms with Crippen molar-refractivity contribution in [2.75, 3.05) is 25.1 Å². The first kappa shape index (κ1) is 15.8. The van der Waals surface area contributed by atoms with Crippen LogP contribution < -0.4 is 15.0 Å². The molecule has 5 nitrogen and oxygen atoms in total. The van der Waals surface area contributed by atoms with Crippen LogP contribution in [0, 0.1) is 11.8 Å². The average molecular weight is 316 g/mol. The summed E-state index contributed by atoms with van der Waals surface area (Å²) in [6.07, 6.45) is 4.83. The fourth-order valence-corrected chi connectivity index (χ4v) is 3.51. The molecule has 0 bridgehead atoms. The summed E-state index contributed by atoms with van der Waals surface area (Å²) in [4.78, 5) is 26.1. The highest BCUT2D eigenvalue weighted by Gasteiger charge is 2.31. The normalized spacial score (nSPS) is 21.7. The predicted molar refractivity (Wildman–Crippen MR) is 88.4 cm³/mol. The molecule has 23 heavy (non-hydrogen) atoms. The molecule has 5 heteroatoms. The smallest absolute Gasteiger partial charge is 0.227 e. The van der Waals surface area contributed by atoms with Crippen molar-refractivity contribution < 1.29 is 14.3 Å². The van der Waals surface area contributed by atoms with E-state index < -0.39 is 0 Å². The lowest BCUT2D eigenvalue weighted by Gasteiger charge is -2.18. The molecule has 3 rings (SSSR count). The Morgan fingerprint density at radius 2 is 1.96 bits per heavy atom. The number of amides is 2. The fraction of sp³-hybridized carbons (Fsp3) is 0.556. The van der Waals surface area contributed by atoms with Gasteiger partial charge in [0.25, 0.3) is 0 Å². The maximum absolute atomic E-state index is 12.2. The van der Waals surface area contributed by atoms with Gasteiger partial charge in [-0.1, -0.05) is 12.8 Å². The van der Waals surface area contributed by atoms with Gasteiger partial charge in [-0.3, -0.25) is 9.59 Å². The van der Waals surface area contributed by atoms with E-state index >= 15 is 0 Å². The van der Waals surface area contributed by atoms with Crippen molar-refractivity contribution >= 4 is 17.5 Å². The van der Waals surface area contributed by atoms with Crippen molar-refractivity contribution in [2.45, 2.75) is 32.1 Å². The highest BCUT2D eigenvalue weighted by Crippen LogP contribution is 2.27. The molecule has 2 fully saturated rings. The zero-order valence-corrected chi connectivity index (χ0v) is 13.6. The summed E-state index contributed by atoms with van der Waals surface area (Å²) in [5, 5.41) is 3.04. The molecule has 1 aromatic rings. The molecule has 1 saturated heterocycles. The van der Waals surface area contributed by atoms with Crippen LogP contribution in [0.25, 0.3) is 0 Å². The van der Waals surface area contributed by atoms with Crippen molar-refractivity contribution in [1.82, 2.24) is 5.32 Å². The standard InChI is InChI=1S/C18H24N2O3/c1-23-16-8-6-15(7-9-16)20-12-13(10-17(20)21)11-19-18(22)14-4-2-3-5-14/h6-9,13-14H,2-5,10-12H2,1H3,(H,19,22)/t13-/m0/s1. The average Bonchev–Trinajstić information content (AvgIpc) is 3.22. The number of nitrogens with one attached hydrogen (secondary N) is 1. The quantitative estimate of drug-likeness (QED) is 0.907. The fourth-order valence-electron chi connectivity index (χ4n) is 3.51. The SMILES string of the molecule is COc1ccc(N2C[C@H](CNC(=O)C3CCCC3)CC2=O)cc1. The van der Waals surface area contributed by atoms with Crippen LogP contribution in [0.1, 0.15) is 32.1 Å². The molecular formula is C18H24N2O3. The molecular weight excluding hydrogens is 292 g/mol. The molecule has 1 aliphatic carbocycles. The predicted octanol–water partition coefficient (Wildman–Crippen LogP) is 2.35. The molecule has 0 radical (unpaired) electrons. The number of carbonyl (C=O) groups is 2. The highest BCUT2D eigenvalue weighted by atomic mass is 16.5. The van der Waals surface area contributed by atoms with Gasteiger partial charge in [-0.15, -0.1) is 0 Å². The minimum atomic E-state index is 0.121. The number of methoxy groups -OCH3 is 1. The third-order valence-corrected chi connectivity index (χ3v) is 4.88. The number of ether oxygens (including phenoxy) is 1. The first-order valence-electron chi connectivity index (χ1n) is 8.39. The van der Waals surface area contributed by atoms with E-state index in [0.717, 1.165) is 37.1 Å². The number of rotatable bonds is 5. The van der Waals surface area contributed by atoms with Gasteiger partial charge < -0.3 is 15.0 Å². The minimum Gasteiger partial charge on any atom is -0.497 e. The largest absolute Gasteiger partial charge is 0.497 e. The van der Waals surface area contributed by atoms with Crippen LogP contribution in [0.2, 0.25) is 0 Å². The second kappa shape index (κ2) is 7.02. The Kier molecular flexibility index (Phi) is 4.84. The summed E-state index contributed by atoms with van der Waals surface area (Å²) in [6.45, 7) is 1.25. The second-order valence-corrected chi connectivity index (χ2v) is 6.50. The maximum Gasteiger partial charge on any atom is 0.227 e. The number of benzene rings is 1. The summed E-state index contributed by atoms with van der Waals surface area (Å²) >= 11 is 0. The van der Waals surface area contributed by atoms with Crippen molar-refractivity contribution in [3.63, 3.8) is 0 Å². The number of nitrogens with zero attached hydrogens (tertiary/aromatic N) is 1. The molecule has 2 amide bonds. The third-order valence-electron chi connectivity index (χ3n) is 4.88. The summed E-state index contributed by atoms with van der Waals surface area (Å²) in [5.41, 5.74) is 0.889. The molecule has 1 atom stereocenters. The third kappa shape index (κ3) is 3.66.